The Hall–Kier alpha value is -1.25. The average Bonchev–Trinajstić information content (AvgIpc) is 2.17. The van der Waals surface area contributed by atoms with Crippen molar-refractivity contribution in [2.75, 3.05) is 0 Å². The van der Waals surface area contributed by atoms with Gasteiger partial charge in [-0.05, 0) is 18.1 Å². The number of rotatable bonds is 3. The molecule has 80 valence electrons. The van der Waals surface area contributed by atoms with E-state index in [1.165, 1.54) is 12.1 Å². The SMILES string of the molecule is CCc1ccc(C(F)(F)N=C=O)cc1Cl. The van der Waals surface area contributed by atoms with Gasteiger partial charge in [0.1, 0.15) is 0 Å². The van der Waals surface area contributed by atoms with Crippen LogP contribution in [0.4, 0.5) is 8.78 Å². The van der Waals surface area contributed by atoms with Gasteiger partial charge in [0, 0.05) is 10.6 Å². The molecule has 0 amide bonds. The molecule has 1 aromatic rings. The first-order chi connectivity index (χ1) is 7.01. The zero-order valence-corrected chi connectivity index (χ0v) is 8.68. The summed E-state index contributed by atoms with van der Waals surface area (Å²) >= 11 is 5.76. The molecule has 1 rings (SSSR count). The number of benzene rings is 1. The Bertz CT molecular complexity index is 414. The lowest BCUT2D eigenvalue weighted by molar-refractivity contribution is 0.00616. The van der Waals surface area contributed by atoms with E-state index in [0.29, 0.717) is 6.42 Å². The van der Waals surface area contributed by atoms with Gasteiger partial charge in [-0.15, -0.1) is 4.99 Å². The van der Waals surface area contributed by atoms with Crippen LogP contribution in [-0.4, -0.2) is 6.08 Å². The number of alkyl halides is 2. The Kier molecular flexibility index (Phi) is 3.56. The molecule has 0 atom stereocenters. The molecule has 2 nitrogen and oxygen atoms in total. The summed E-state index contributed by atoms with van der Waals surface area (Å²) in [5.41, 5.74) is 0.361. The quantitative estimate of drug-likeness (QED) is 0.446. The summed E-state index contributed by atoms with van der Waals surface area (Å²) in [6.07, 6.45) is 1.49. The summed E-state index contributed by atoms with van der Waals surface area (Å²) in [6, 6.07) is 0.246. The average molecular weight is 232 g/mol. The molecule has 0 aliphatic heterocycles. The summed E-state index contributed by atoms with van der Waals surface area (Å²) in [5, 5.41) is 0.246. The number of isocyanates is 1. The molecule has 0 saturated carbocycles. The number of aryl methyl sites for hydroxylation is 1. The van der Waals surface area contributed by atoms with Crippen LogP contribution < -0.4 is 0 Å². The van der Waals surface area contributed by atoms with Crippen molar-refractivity contribution in [3.63, 3.8) is 0 Å². The molecular weight excluding hydrogens is 224 g/mol. The van der Waals surface area contributed by atoms with Crippen LogP contribution in [0.15, 0.2) is 23.2 Å². The summed E-state index contributed by atoms with van der Waals surface area (Å²) in [6.45, 7) is 1.86. The fourth-order valence-corrected chi connectivity index (χ4v) is 1.46. The predicted molar refractivity (Wildman–Crippen MR) is 52.8 cm³/mol. The van der Waals surface area contributed by atoms with Gasteiger partial charge in [0.15, 0.2) is 0 Å². The number of carbonyl (C=O) groups excluding carboxylic acids is 1. The van der Waals surface area contributed by atoms with Crippen LogP contribution in [0, 0.1) is 0 Å². The molecule has 0 spiro atoms. The highest BCUT2D eigenvalue weighted by atomic mass is 35.5. The molecule has 0 aliphatic carbocycles. The van der Waals surface area contributed by atoms with Gasteiger partial charge in [-0.1, -0.05) is 30.7 Å². The van der Waals surface area contributed by atoms with Crippen molar-refractivity contribution in [2.45, 2.75) is 19.4 Å². The van der Waals surface area contributed by atoms with Gasteiger partial charge >= 0.3 is 6.05 Å². The van der Waals surface area contributed by atoms with Gasteiger partial charge in [0.25, 0.3) is 0 Å². The zero-order valence-electron chi connectivity index (χ0n) is 7.93. The van der Waals surface area contributed by atoms with Crippen LogP contribution >= 0.6 is 11.6 Å². The largest absolute Gasteiger partial charge is 0.379 e. The van der Waals surface area contributed by atoms with Gasteiger partial charge in [0.05, 0.1) is 0 Å². The molecule has 0 N–H and O–H groups in total. The van der Waals surface area contributed by atoms with Crippen LogP contribution in [0.25, 0.3) is 0 Å². The van der Waals surface area contributed by atoms with E-state index in [4.69, 9.17) is 11.6 Å². The second-order valence-electron chi connectivity index (χ2n) is 2.90. The standard InChI is InChI=1S/C10H8ClF2NO/c1-2-7-3-4-8(5-9(7)11)10(12,13)14-6-15/h3-5H,2H2,1H3. The normalized spacial score (nSPS) is 10.9. The Morgan fingerprint density at radius 1 is 1.53 bits per heavy atom. The van der Waals surface area contributed by atoms with Gasteiger partial charge in [0.2, 0.25) is 6.08 Å². The molecule has 0 aliphatic rings. The van der Waals surface area contributed by atoms with E-state index in [-0.39, 0.29) is 5.02 Å². The highest BCUT2D eigenvalue weighted by Gasteiger charge is 2.31. The number of hydrogen-bond acceptors (Lipinski definition) is 2. The Balaban J connectivity index is 3.17. The third kappa shape index (κ3) is 2.61. The lowest BCUT2D eigenvalue weighted by Crippen LogP contribution is -2.09. The van der Waals surface area contributed by atoms with Crippen molar-refractivity contribution in [1.29, 1.82) is 0 Å². The minimum atomic E-state index is -3.56. The fraction of sp³-hybridized carbons (Fsp3) is 0.300. The number of halogens is 3. The lowest BCUT2D eigenvalue weighted by atomic mass is 10.1. The van der Waals surface area contributed by atoms with E-state index < -0.39 is 11.6 Å². The van der Waals surface area contributed by atoms with Gasteiger partial charge in [-0.25, -0.2) is 4.79 Å². The summed E-state index contributed by atoms with van der Waals surface area (Å²) < 4.78 is 26.2. The Morgan fingerprint density at radius 3 is 2.67 bits per heavy atom. The first-order valence-corrected chi connectivity index (χ1v) is 4.64. The third-order valence-corrected chi connectivity index (χ3v) is 2.32. The summed E-state index contributed by atoms with van der Waals surface area (Å²) in [4.78, 5) is 12.2. The van der Waals surface area contributed by atoms with E-state index in [2.05, 4.69) is 4.99 Å². The maximum Gasteiger partial charge on any atom is 0.379 e. The Morgan fingerprint density at radius 2 is 2.20 bits per heavy atom. The minimum absolute atomic E-state index is 0.246. The molecule has 5 heteroatoms. The van der Waals surface area contributed by atoms with E-state index in [0.717, 1.165) is 17.7 Å². The molecule has 0 saturated heterocycles. The van der Waals surface area contributed by atoms with Crippen LogP contribution in [0.1, 0.15) is 18.1 Å². The van der Waals surface area contributed by atoms with Crippen molar-refractivity contribution < 1.29 is 13.6 Å². The second kappa shape index (κ2) is 4.51. The van der Waals surface area contributed by atoms with Crippen molar-refractivity contribution in [3.05, 3.63) is 34.3 Å². The second-order valence-corrected chi connectivity index (χ2v) is 3.31. The molecular formula is C10H8ClF2NO. The van der Waals surface area contributed by atoms with Gasteiger partial charge in [-0.2, -0.15) is 8.78 Å². The Labute approximate surface area is 90.6 Å². The molecule has 0 fully saturated rings. The van der Waals surface area contributed by atoms with E-state index in [9.17, 15) is 13.6 Å². The zero-order chi connectivity index (χ0) is 11.5. The van der Waals surface area contributed by atoms with Gasteiger partial charge in [-0.3, -0.25) is 0 Å². The maximum atomic E-state index is 13.1. The highest BCUT2D eigenvalue weighted by molar-refractivity contribution is 6.31. The predicted octanol–water partition coefficient (Wildman–Crippen LogP) is 3.29. The molecule has 15 heavy (non-hydrogen) atoms. The minimum Gasteiger partial charge on any atom is -0.211 e. The lowest BCUT2D eigenvalue weighted by Gasteiger charge is -2.10. The van der Waals surface area contributed by atoms with E-state index in [1.54, 1.807) is 0 Å². The molecule has 1 aromatic carbocycles. The van der Waals surface area contributed by atoms with Crippen molar-refractivity contribution in [2.24, 2.45) is 4.99 Å². The van der Waals surface area contributed by atoms with Gasteiger partial charge < -0.3 is 0 Å². The van der Waals surface area contributed by atoms with Crippen molar-refractivity contribution >= 4 is 17.7 Å². The fourth-order valence-electron chi connectivity index (χ4n) is 1.14. The molecule has 0 radical (unpaired) electrons. The summed E-state index contributed by atoms with van der Waals surface area (Å²) in [7, 11) is 0. The number of hydrogen-bond donors (Lipinski definition) is 0. The monoisotopic (exact) mass is 231 g/mol. The van der Waals surface area contributed by atoms with Crippen LogP contribution in [0.5, 0.6) is 0 Å². The van der Waals surface area contributed by atoms with Crippen molar-refractivity contribution in [1.82, 2.24) is 0 Å². The van der Waals surface area contributed by atoms with Crippen molar-refractivity contribution in [3.8, 4) is 0 Å². The van der Waals surface area contributed by atoms with E-state index in [1.807, 2.05) is 6.92 Å². The molecule has 0 bridgehead atoms. The summed E-state index contributed by atoms with van der Waals surface area (Å²) in [5.74, 6) is 0. The highest BCUT2D eigenvalue weighted by Crippen LogP contribution is 2.31. The molecule has 0 heterocycles. The first kappa shape index (κ1) is 11.8. The molecule has 0 unspecified atom stereocenters. The van der Waals surface area contributed by atoms with E-state index >= 15 is 0 Å². The third-order valence-electron chi connectivity index (χ3n) is 1.97. The number of nitrogens with zero attached hydrogens (tertiary/aromatic N) is 1. The smallest absolute Gasteiger partial charge is 0.211 e. The van der Waals surface area contributed by atoms with Crippen LogP contribution in [-0.2, 0) is 17.3 Å². The number of aliphatic imine (C=N–C) groups is 1. The maximum absolute atomic E-state index is 13.1. The molecule has 0 aromatic heterocycles. The topological polar surface area (TPSA) is 29.4 Å². The van der Waals surface area contributed by atoms with Crippen LogP contribution in [0.3, 0.4) is 0 Å². The van der Waals surface area contributed by atoms with Crippen LogP contribution in [0.2, 0.25) is 5.02 Å². The first-order valence-electron chi connectivity index (χ1n) is 4.27.